The van der Waals surface area contributed by atoms with E-state index < -0.39 is 23.8 Å². The van der Waals surface area contributed by atoms with Gasteiger partial charge in [0.25, 0.3) is 5.91 Å². The zero-order valence-electron chi connectivity index (χ0n) is 14.7. The number of fused-ring (bicyclic) bond motifs is 1. The standard InChI is InChI=1S/C20H17ClFNO4/c1-11-14-7-5-9-16(22)18(14)27-17(11)20(25)26-12(2)19(24)23-10-13-6-3-4-8-15(13)21/h3-9,12H,10H2,1-2H3,(H,23,24)/t12-/m0/s1. The number of carbonyl (C=O) groups excluding carboxylic acids is 2. The molecule has 1 heterocycles. The highest BCUT2D eigenvalue weighted by molar-refractivity contribution is 6.31. The fraction of sp³-hybridized carbons (Fsp3) is 0.200. The van der Waals surface area contributed by atoms with Gasteiger partial charge in [0.15, 0.2) is 17.5 Å². The Morgan fingerprint density at radius 3 is 2.67 bits per heavy atom. The lowest BCUT2D eigenvalue weighted by atomic mass is 10.1. The van der Waals surface area contributed by atoms with E-state index in [1.54, 1.807) is 37.3 Å². The van der Waals surface area contributed by atoms with E-state index in [4.69, 9.17) is 20.8 Å². The molecule has 0 aliphatic heterocycles. The van der Waals surface area contributed by atoms with Crippen molar-refractivity contribution in [3.63, 3.8) is 0 Å². The predicted octanol–water partition coefficient (Wildman–Crippen LogP) is 4.40. The maximum absolute atomic E-state index is 13.8. The van der Waals surface area contributed by atoms with Gasteiger partial charge < -0.3 is 14.5 Å². The van der Waals surface area contributed by atoms with Crippen LogP contribution in [0.3, 0.4) is 0 Å². The van der Waals surface area contributed by atoms with Crippen LogP contribution in [0.4, 0.5) is 4.39 Å². The number of rotatable bonds is 5. The van der Waals surface area contributed by atoms with Gasteiger partial charge in [-0.15, -0.1) is 0 Å². The average molecular weight is 390 g/mol. The Kier molecular flexibility index (Phi) is 5.46. The maximum atomic E-state index is 13.8. The van der Waals surface area contributed by atoms with E-state index in [0.717, 1.165) is 5.56 Å². The second-order valence-corrected chi connectivity index (χ2v) is 6.44. The molecule has 1 aromatic heterocycles. The normalized spacial score (nSPS) is 12.0. The lowest BCUT2D eigenvalue weighted by Crippen LogP contribution is -2.35. The van der Waals surface area contributed by atoms with Crippen molar-refractivity contribution in [3.8, 4) is 0 Å². The fourth-order valence-corrected chi connectivity index (χ4v) is 2.84. The van der Waals surface area contributed by atoms with E-state index in [2.05, 4.69) is 5.32 Å². The lowest BCUT2D eigenvalue weighted by Gasteiger charge is -2.13. The van der Waals surface area contributed by atoms with Crippen LogP contribution in [0.15, 0.2) is 46.9 Å². The fourth-order valence-electron chi connectivity index (χ4n) is 2.64. The van der Waals surface area contributed by atoms with Gasteiger partial charge in [-0.05, 0) is 31.5 Å². The number of furan rings is 1. The van der Waals surface area contributed by atoms with Crippen molar-refractivity contribution in [1.29, 1.82) is 0 Å². The van der Waals surface area contributed by atoms with Gasteiger partial charge >= 0.3 is 5.97 Å². The first-order valence-electron chi connectivity index (χ1n) is 8.28. The zero-order valence-corrected chi connectivity index (χ0v) is 15.5. The molecular formula is C20H17ClFNO4. The van der Waals surface area contributed by atoms with Gasteiger partial charge in [-0.2, -0.15) is 0 Å². The molecule has 0 spiro atoms. The van der Waals surface area contributed by atoms with Crippen molar-refractivity contribution < 1.29 is 23.1 Å². The largest absolute Gasteiger partial charge is 0.447 e. The summed E-state index contributed by atoms with van der Waals surface area (Å²) in [5.74, 6) is -2.01. The molecule has 3 rings (SSSR count). The van der Waals surface area contributed by atoms with Gasteiger partial charge in [0.1, 0.15) is 0 Å². The minimum atomic E-state index is -1.06. The smallest absolute Gasteiger partial charge is 0.375 e. The number of benzene rings is 2. The Hall–Kier alpha value is -2.86. The van der Waals surface area contributed by atoms with E-state index in [-0.39, 0.29) is 17.9 Å². The topological polar surface area (TPSA) is 68.5 Å². The molecule has 0 fully saturated rings. The van der Waals surface area contributed by atoms with Gasteiger partial charge in [0, 0.05) is 22.5 Å². The van der Waals surface area contributed by atoms with Gasteiger partial charge in [0.2, 0.25) is 5.76 Å². The summed E-state index contributed by atoms with van der Waals surface area (Å²) >= 11 is 6.04. The molecule has 0 saturated heterocycles. The summed E-state index contributed by atoms with van der Waals surface area (Å²) in [4.78, 5) is 24.5. The van der Waals surface area contributed by atoms with Gasteiger partial charge in [-0.1, -0.05) is 41.9 Å². The third-order valence-corrected chi connectivity index (χ3v) is 4.53. The first-order valence-corrected chi connectivity index (χ1v) is 8.66. The van der Waals surface area contributed by atoms with Crippen molar-refractivity contribution in [1.82, 2.24) is 5.32 Å². The van der Waals surface area contributed by atoms with Crippen LogP contribution in [-0.2, 0) is 16.1 Å². The van der Waals surface area contributed by atoms with E-state index >= 15 is 0 Å². The third kappa shape index (κ3) is 3.95. The number of aryl methyl sites for hydroxylation is 1. The molecule has 1 N–H and O–H groups in total. The Bertz CT molecular complexity index is 1010. The lowest BCUT2D eigenvalue weighted by molar-refractivity contribution is -0.129. The number of hydrogen-bond acceptors (Lipinski definition) is 4. The number of carbonyl (C=O) groups is 2. The van der Waals surface area contributed by atoms with Crippen molar-refractivity contribution in [3.05, 3.63) is 70.2 Å². The summed E-state index contributed by atoms with van der Waals surface area (Å²) < 4.78 is 24.3. The number of nitrogens with one attached hydrogen (secondary N) is 1. The van der Waals surface area contributed by atoms with Crippen LogP contribution in [0, 0.1) is 12.7 Å². The quantitative estimate of drug-likeness (QED) is 0.657. The van der Waals surface area contributed by atoms with Crippen LogP contribution >= 0.6 is 11.6 Å². The molecule has 3 aromatic rings. The monoisotopic (exact) mass is 389 g/mol. The van der Waals surface area contributed by atoms with Crippen LogP contribution in [0.2, 0.25) is 5.02 Å². The summed E-state index contributed by atoms with van der Waals surface area (Å²) in [5, 5.41) is 3.67. The van der Waals surface area contributed by atoms with Crippen LogP contribution in [0.25, 0.3) is 11.0 Å². The van der Waals surface area contributed by atoms with E-state index in [1.165, 1.54) is 19.1 Å². The maximum Gasteiger partial charge on any atom is 0.375 e. The van der Waals surface area contributed by atoms with Crippen molar-refractivity contribution in [2.24, 2.45) is 0 Å². The number of esters is 1. The highest BCUT2D eigenvalue weighted by atomic mass is 35.5. The molecule has 0 bridgehead atoms. The van der Waals surface area contributed by atoms with Crippen LogP contribution < -0.4 is 5.32 Å². The minimum absolute atomic E-state index is 0.0159. The molecule has 2 aromatic carbocycles. The zero-order chi connectivity index (χ0) is 19.6. The van der Waals surface area contributed by atoms with Crippen LogP contribution in [0.5, 0.6) is 0 Å². The number of ether oxygens (including phenoxy) is 1. The van der Waals surface area contributed by atoms with Gasteiger partial charge in [0.05, 0.1) is 0 Å². The summed E-state index contributed by atoms with van der Waals surface area (Å²) in [6.07, 6.45) is -1.06. The second kappa shape index (κ2) is 7.80. The number of para-hydroxylation sites is 1. The molecule has 0 radical (unpaired) electrons. The molecule has 27 heavy (non-hydrogen) atoms. The Labute approximate surface area is 160 Å². The first-order chi connectivity index (χ1) is 12.9. The first kappa shape index (κ1) is 18.9. The van der Waals surface area contributed by atoms with Crippen LogP contribution in [-0.4, -0.2) is 18.0 Å². The summed E-state index contributed by atoms with van der Waals surface area (Å²) in [6.45, 7) is 3.28. The van der Waals surface area contributed by atoms with Gasteiger partial charge in [-0.25, -0.2) is 9.18 Å². The molecule has 7 heteroatoms. The van der Waals surface area contributed by atoms with E-state index in [1.807, 2.05) is 0 Å². The van der Waals surface area contributed by atoms with Crippen LogP contribution in [0.1, 0.15) is 28.6 Å². The SMILES string of the molecule is Cc1c(C(=O)O[C@@H](C)C(=O)NCc2ccccc2Cl)oc2c(F)cccc12. The highest BCUT2D eigenvalue weighted by Gasteiger charge is 2.25. The molecule has 0 saturated carbocycles. The van der Waals surface area contributed by atoms with Crippen molar-refractivity contribution in [2.75, 3.05) is 0 Å². The number of hydrogen-bond donors (Lipinski definition) is 1. The number of amides is 1. The second-order valence-electron chi connectivity index (χ2n) is 6.03. The summed E-state index contributed by atoms with van der Waals surface area (Å²) in [6, 6.07) is 11.5. The molecule has 5 nitrogen and oxygen atoms in total. The summed E-state index contributed by atoms with van der Waals surface area (Å²) in [7, 11) is 0. The molecule has 1 atom stereocenters. The van der Waals surface area contributed by atoms with E-state index in [9.17, 15) is 14.0 Å². The molecule has 0 aliphatic rings. The van der Waals surface area contributed by atoms with Gasteiger partial charge in [-0.3, -0.25) is 4.79 Å². The third-order valence-electron chi connectivity index (χ3n) is 4.17. The molecule has 1 amide bonds. The average Bonchev–Trinajstić information content (AvgIpc) is 2.99. The number of halogens is 2. The van der Waals surface area contributed by atoms with Crippen molar-refractivity contribution in [2.45, 2.75) is 26.5 Å². The predicted molar refractivity (Wildman–Crippen MR) is 99.1 cm³/mol. The van der Waals surface area contributed by atoms with Crippen molar-refractivity contribution >= 4 is 34.4 Å². The molecule has 140 valence electrons. The minimum Gasteiger partial charge on any atom is -0.447 e. The highest BCUT2D eigenvalue weighted by Crippen LogP contribution is 2.28. The Morgan fingerprint density at radius 1 is 1.22 bits per heavy atom. The molecule has 0 unspecified atom stereocenters. The molecule has 0 aliphatic carbocycles. The Balaban J connectivity index is 1.67. The summed E-state index contributed by atoms with van der Waals surface area (Å²) in [5.41, 5.74) is 1.19. The van der Waals surface area contributed by atoms with E-state index in [0.29, 0.717) is 16.0 Å². The Morgan fingerprint density at radius 2 is 1.96 bits per heavy atom. The molecular weight excluding hydrogens is 373 g/mol.